The van der Waals surface area contributed by atoms with Gasteiger partial charge in [-0.1, -0.05) is 26.7 Å². The Hall–Kier alpha value is -1.09. The van der Waals surface area contributed by atoms with Crippen LogP contribution in [0, 0.1) is 5.92 Å². The summed E-state index contributed by atoms with van der Waals surface area (Å²) in [5, 5.41) is 0. The Morgan fingerprint density at radius 2 is 1.88 bits per heavy atom. The summed E-state index contributed by atoms with van der Waals surface area (Å²) in [6.07, 6.45) is 8.26. The lowest BCUT2D eigenvalue weighted by Gasteiger charge is -2.23. The maximum absolute atomic E-state index is 6.34. The van der Waals surface area contributed by atoms with Crippen LogP contribution in [0.3, 0.4) is 0 Å². The normalized spacial score (nSPS) is 12.8. The van der Waals surface area contributed by atoms with Crippen molar-refractivity contribution in [1.82, 2.24) is 4.98 Å². The molecule has 0 aliphatic rings. The number of aromatic nitrogens is 1. The van der Waals surface area contributed by atoms with E-state index >= 15 is 0 Å². The molecule has 0 spiro atoms. The van der Waals surface area contributed by atoms with Crippen molar-refractivity contribution in [2.75, 3.05) is 7.11 Å². The first kappa shape index (κ1) is 14.0. The maximum atomic E-state index is 6.34. The maximum Gasteiger partial charge on any atom is 0.137 e. The second-order valence-electron chi connectivity index (χ2n) is 4.52. The average Bonchev–Trinajstić information content (AvgIpc) is 2.38. The van der Waals surface area contributed by atoms with E-state index in [1.807, 2.05) is 12.3 Å². The Kier molecular flexibility index (Phi) is 5.98. The molecule has 1 atom stereocenters. The molecule has 1 unspecified atom stereocenters. The van der Waals surface area contributed by atoms with Crippen molar-refractivity contribution >= 4 is 0 Å². The van der Waals surface area contributed by atoms with Crippen molar-refractivity contribution in [3.63, 3.8) is 0 Å². The molecule has 1 aromatic rings. The number of hydrogen-bond donors (Lipinski definition) is 1. The zero-order valence-electron chi connectivity index (χ0n) is 11.1. The first-order chi connectivity index (χ1) is 8.22. The minimum atomic E-state index is 0.0671. The van der Waals surface area contributed by atoms with E-state index in [0.717, 1.165) is 11.3 Å². The van der Waals surface area contributed by atoms with Crippen molar-refractivity contribution in [1.29, 1.82) is 0 Å². The molecule has 0 amide bonds. The number of ether oxygens (including phenoxy) is 1. The monoisotopic (exact) mass is 236 g/mol. The topological polar surface area (TPSA) is 48.1 Å². The predicted molar refractivity (Wildman–Crippen MR) is 71.0 cm³/mol. The van der Waals surface area contributed by atoms with Crippen molar-refractivity contribution < 1.29 is 4.74 Å². The minimum Gasteiger partial charge on any atom is -0.495 e. The molecule has 0 fully saturated rings. The molecule has 0 bridgehead atoms. The molecule has 96 valence electrons. The van der Waals surface area contributed by atoms with E-state index in [-0.39, 0.29) is 6.04 Å². The standard InChI is InChI=1S/C14H24N2O/c1-4-6-11(7-5-2)14(15)12-8-13(17-3)10-16-9-12/h8-11,14H,4-7,15H2,1-3H3. The van der Waals surface area contributed by atoms with Gasteiger partial charge in [0, 0.05) is 12.2 Å². The number of methoxy groups -OCH3 is 1. The Morgan fingerprint density at radius 3 is 2.41 bits per heavy atom. The zero-order valence-corrected chi connectivity index (χ0v) is 11.1. The van der Waals surface area contributed by atoms with Gasteiger partial charge in [0.05, 0.1) is 13.3 Å². The van der Waals surface area contributed by atoms with E-state index in [0.29, 0.717) is 5.92 Å². The van der Waals surface area contributed by atoms with Crippen LogP contribution in [0.5, 0.6) is 5.75 Å². The highest BCUT2D eigenvalue weighted by Gasteiger charge is 2.18. The number of nitrogens with two attached hydrogens (primary N) is 1. The van der Waals surface area contributed by atoms with Crippen LogP contribution in [0.1, 0.15) is 51.1 Å². The highest BCUT2D eigenvalue weighted by Crippen LogP contribution is 2.28. The highest BCUT2D eigenvalue weighted by atomic mass is 16.5. The fourth-order valence-corrected chi connectivity index (χ4v) is 2.25. The van der Waals surface area contributed by atoms with E-state index in [9.17, 15) is 0 Å². The smallest absolute Gasteiger partial charge is 0.137 e. The molecule has 0 aromatic carbocycles. The van der Waals surface area contributed by atoms with Gasteiger partial charge in [-0.3, -0.25) is 4.98 Å². The molecule has 2 N–H and O–H groups in total. The Bertz CT molecular complexity index is 322. The number of hydrogen-bond acceptors (Lipinski definition) is 3. The summed E-state index contributed by atoms with van der Waals surface area (Å²) < 4.78 is 5.19. The molecule has 0 aliphatic carbocycles. The van der Waals surface area contributed by atoms with Crippen LogP contribution in [-0.2, 0) is 0 Å². The van der Waals surface area contributed by atoms with Gasteiger partial charge in [0.15, 0.2) is 0 Å². The van der Waals surface area contributed by atoms with Crippen molar-refractivity contribution in [2.45, 2.75) is 45.6 Å². The Balaban J connectivity index is 2.79. The number of pyridine rings is 1. The van der Waals surface area contributed by atoms with Gasteiger partial charge in [-0.15, -0.1) is 0 Å². The molecular formula is C14H24N2O. The molecule has 0 saturated heterocycles. The molecular weight excluding hydrogens is 212 g/mol. The molecule has 0 radical (unpaired) electrons. The molecule has 1 heterocycles. The predicted octanol–water partition coefficient (Wildman–Crippen LogP) is 3.31. The van der Waals surface area contributed by atoms with Crippen LogP contribution >= 0.6 is 0 Å². The highest BCUT2D eigenvalue weighted by molar-refractivity contribution is 5.26. The van der Waals surface area contributed by atoms with Crippen LogP contribution < -0.4 is 10.5 Å². The van der Waals surface area contributed by atoms with Gasteiger partial charge < -0.3 is 10.5 Å². The van der Waals surface area contributed by atoms with Crippen LogP contribution in [0.25, 0.3) is 0 Å². The average molecular weight is 236 g/mol. The molecule has 3 nitrogen and oxygen atoms in total. The second kappa shape index (κ2) is 7.28. The third-order valence-corrected chi connectivity index (χ3v) is 3.18. The van der Waals surface area contributed by atoms with Gasteiger partial charge in [-0.25, -0.2) is 0 Å². The Labute approximate surface area is 104 Å². The summed E-state index contributed by atoms with van der Waals surface area (Å²) in [5.74, 6) is 1.32. The fraction of sp³-hybridized carbons (Fsp3) is 0.643. The third kappa shape index (κ3) is 4.00. The van der Waals surface area contributed by atoms with Crippen LogP contribution in [-0.4, -0.2) is 12.1 Å². The van der Waals surface area contributed by atoms with Gasteiger partial charge >= 0.3 is 0 Å². The van der Waals surface area contributed by atoms with Crippen LogP contribution in [0.2, 0.25) is 0 Å². The van der Waals surface area contributed by atoms with Crippen LogP contribution in [0.4, 0.5) is 0 Å². The first-order valence-electron chi connectivity index (χ1n) is 6.47. The van der Waals surface area contributed by atoms with Gasteiger partial charge in [0.1, 0.15) is 5.75 Å². The molecule has 3 heteroatoms. The van der Waals surface area contributed by atoms with E-state index in [1.54, 1.807) is 13.3 Å². The fourth-order valence-electron chi connectivity index (χ4n) is 2.25. The van der Waals surface area contributed by atoms with Gasteiger partial charge in [-0.2, -0.15) is 0 Å². The summed E-state index contributed by atoms with van der Waals surface area (Å²) in [6, 6.07) is 2.06. The molecule has 17 heavy (non-hydrogen) atoms. The van der Waals surface area contributed by atoms with E-state index in [1.165, 1.54) is 25.7 Å². The lowest BCUT2D eigenvalue weighted by molar-refractivity contribution is 0.365. The Morgan fingerprint density at radius 1 is 1.24 bits per heavy atom. The first-order valence-corrected chi connectivity index (χ1v) is 6.47. The van der Waals surface area contributed by atoms with Crippen molar-refractivity contribution in [3.8, 4) is 5.75 Å². The van der Waals surface area contributed by atoms with E-state index in [2.05, 4.69) is 18.8 Å². The zero-order chi connectivity index (χ0) is 12.7. The largest absolute Gasteiger partial charge is 0.495 e. The summed E-state index contributed by atoms with van der Waals surface area (Å²) in [5.41, 5.74) is 7.42. The second-order valence-corrected chi connectivity index (χ2v) is 4.52. The lowest BCUT2D eigenvalue weighted by atomic mass is 9.87. The lowest BCUT2D eigenvalue weighted by Crippen LogP contribution is -2.21. The van der Waals surface area contributed by atoms with Gasteiger partial charge in [0.2, 0.25) is 0 Å². The molecule has 0 saturated carbocycles. The van der Waals surface area contributed by atoms with Crippen molar-refractivity contribution in [3.05, 3.63) is 24.0 Å². The molecule has 0 aliphatic heterocycles. The van der Waals surface area contributed by atoms with Gasteiger partial charge in [0.25, 0.3) is 0 Å². The molecule has 1 aromatic heterocycles. The number of rotatable bonds is 7. The van der Waals surface area contributed by atoms with Crippen molar-refractivity contribution in [2.24, 2.45) is 11.7 Å². The summed E-state index contributed by atoms with van der Waals surface area (Å²) >= 11 is 0. The SMILES string of the molecule is CCCC(CCC)C(N)c1cncc(OC)c1. The molecule has 1 rings (SSSR count). The summed E-state index contributed by atoms with van der Waals surface area (Å²) in [6.45, 7) is 4.42. The minimum absolute atomic E-state index is 0.0671. The van der Waals surface area contributed by atoms with Gasteiger partial charge in [-0.05, 0) is 30.4 Å². The van der Waals surface area contributed by atoms with Crippen LogP contribution in [0.15, 0.2) is 18.5 Å². The summed E-state index contributed by atoms with van der Waals surface area (Å²) in [7, 11) is 1.65. The quantitative estimate of drug-likeness (QED) is 0.790. The van der Waals surface area contributed by atoms with E-state index in [4.69, 9.17) is 10.5 Å². The van der Waals surface area contributed by atoms with E-state index < -0.39 is 0 Å². The third-order valence-electron chi connectivity index (χ3n) is 3.18. The summed E-state index contributed by atoms with van der Waals surface area (Å²) in [4.78, 5) is 4.17. The number of nitrogens with zero attached hydrogens (tertiary/aromatic N) is 1.